The number of rotatable bonds is 7. The van der Waals surface area contributed by atoms with Crippen LogP contribution in [0.3, 0.4) is 0 Å². The van der Waals surface area contributed by atoms with Crippen molar-refractivity contribution in [3.8, 4) is 0 Å². The maximum Gasteiger partial charge on any atom is 0.262 e. The number of benzene rings is 1. The van der Waals surface area contributed by atoms with Gasteiger partial charge in [0.1, 0.15) is 17.2 Å². The van der Waals surface area contributed by atoms with E-state index in [2.05, 4.69) is 5.32 Å². The summed E-state index contributed by atoms with van der Waals surface area (Å²) < 4.78 is 20.3. The third kappa shape index (κ3) is 4.38. The van der Waals surface area contributed by atoms with E-state index in [0.717, 1.165) is 18.5 Å². The van der Waals surface area contributed by atoms with Gasteiger partial charge in [-0.3, -0.25) is 14.4 Å². The van der Waals surface area contributed by atoms with Gasteiger partial charge in [-0.15, -0.1) is 0 Å². The van der Waals surface area contributed by atoms with E-state index in [1.54, 1.807) is 36.2 Å². The normalized spacial score (nSPS) is 13.9. The summed E-state index contributed by atoms with van der Waals surface area (Å²) in [6.45, 7) is 3.68. The van der Waals surface area contributed by atoms with Crippen LogP contribution >= 0.6 is 0 Å². The molecule has 1 N–H and O–H groups in total. The molecule has 0 spiro atoms. The first kappa shape index (κ1) is 20.8. The molecule has 0 radical (unpaired) electrons. The number of carbonyl (C=O) groups is 2. The van der Waals surface area contributed by atoms with Gasteiger partial charge in [0.2, 0.25) is 5.91 Å². The Balaban J connectivity index is 1.50. The molecule has 1 aliphatic rings. The van der Waals surface area contributed by atoms with Gasteiger partial charge >= 0.3 is 0 Å². The fraction of sp³-hybridized carbons (Fsp3) is 0.348. The molecule has 3 aromatic rings. The van der Waals surface area contributed by atoms with Crippen LogP contribution in [0.5, 0.6) is 0 Å². The summed E-state index contributed by atoms with van der Waals surface area (Å²) in [5.74, 6) is -0.186. The van der Waals surface area contributed by atoms with Crippen molar-refractivity contribution in [1.82, 2.24) is 14.8 Å². The molecule has 0 unspecified atom stereocenters. The number of hydrogen-bond acceptors (Lipinski definition) is 4. The number of likely N-dealkylation sites (tertiary alicyclic amines) is 1. The number of furan rings is 1. The lowest BCUT2D eigenvalue weighted by Crippen LogP contribution is -2.31. The van der Waals surface area contributed by atoms with Gasteiger partial charge in [-0.1, -0.05) is 12.1 Å². The third-order valence-electron chi connectivity index (χ3n) is 5.55. The lowest BCUT2D eigenvalue weighted by Gasteiger charge is -2.15. The Kier molecular flexibility index (Phi) is 5.88. The quantitative estimate of drug-likeness (QED) is 0.590. The van der Waals surface area contributed by atoms with Crippen LogP contribution in [0.2, 0.25) is 0 Å². The minimum absolute atomic E-state index is 0.157. The fourth-order valence-electron chi connectivity index (χ4n) is 3.95. The largest absolute Gasteiger partial charge is 0.460 e. The Morgan fingerprint density at radius 2 is 1.97 bits per heavy atom. The number of nitrogens with zero attached hydrogens (tertiary/aromatic N) is 2. The predicted octanol–water partition coefficient (Wildman–Crippen LogP) is 2.83. The van der Waals surface area contributed by atoms with Crippen molar-refractivity contribution >= 4 is 22.8 Å². The number of carbonyl (C=O) groups excluding carboxylic acids is 2. The highest BCUT2D eigenvalue weighted by molar-refractivity contribution is 6.06. The van der Waals surface area contributed by atoms with Crippen LogP contribution in [0.15, 0.2) is 45.7 Å². The molecule has 0 atom stereocenters. The van der Waals surface area contributed by atoms with Crippen LogP contribution in [0, 0.1) is 12.7 Å². The number of aryl methyl sites for hydroxylation is 1. The monoisotopic (exact) mass is 425 g/mol. The van der Waals surface area contributed by atoms with E-state index in [1.807, 2.05) is 0 Å². The van der Waals surface area contributed by atoms with Gasteiger partial charge in [0.05, 0.1) is 17.5 Å². The summed E-state index contributed by atoms with van der Waals surface area (Å²) in [6, 6.07) is 7.57. The molecule has 1 saturated heterocycles. The van der Waals surface area contributed by atoms with Gasteiger partial charge in [0, 0.05) is 32.3 Å². The molecular formula is C23H24FN3O4. The molecule has 31 heavy (non-hydrogen) atoms. The summed E-state index contributed by atoms with van der Waals surface area (Å²) in [7, 11) is 0. The molecular weight excluding hydrogens is 401 g/mol. The average molecular weight is 425 g/mol. The van der Waals surface area contributed by atoms with E-state index >= 15 is 0 Å². The topological polar surface area (TPSA) is 84.5 Å². The standard InChI is InChI=1S/C23H24FN3O4/c1-15-20(22(29)25-10-3-12-26-11-2-4-19(26)28)21-18(31-15)9-13-27(23(21)30)14-16-5-7-17(24)8-6-16/h5-9,13H,2-4,10-12,14H2,1H3,(H,25,29). The van der Waals surface area contributed by atoms with Gasteiger partial charge in [0.25, 0.3) is 11.5 Å². The zero-order chi connectivity index (χ0) is 22.0. The second-order valence-electron chi connectivity index (χ2n) is 7.74. The van der Waals surface area contributed by atoms with E-state index in [9.17, 15) is 18.8 Å². The molecule has 162 valence electrons. The van der Waals surface area contributed by atoms with Gasteiger partial charge < -0.3 is 19.2 Å². The van der Waals surface area contributed by atoms with Crippen LogP contribution in [0.1, 0.15) is 40.9 Å². The maximum absolute atomic E-state index is 13.1. The Labute approximate surface area is 178 Å². The summed E-state index contributed by atoms with van der Waals surface area (Å²) in [6.07, 6.45) is 3.72. The Bertz CT molecular complexity index is 1180. The van der Waals surface area contributed by atoms with Gasteiger partial charge in [-0.25, -0.2) is 4.39 Å². The highest BCUT2D eigenvalue weighted by Crippen LogP contribution is 2.22. The van der Waals surface area contributed by atoms with Crippen LogP contribution in [0.4, 0.5) is 4.39 Å². The summed E-state index contributed by atoms with van der Waals surface area (Å²) in [5.41, 5.74) is 1.01. The zero-order valence-electron chi connectivity index (χ0n) is 17.3. The number of aromatic nitrogens is 1. The molecule has 3 heterocycles. The first-order valence-corrected chi connectivity index (χ1v) is 10.4. The Morgan fingerprint density at radius 1 is 1.19 bits per heavy atom. The first-order chi connectivity index (χ1) is 14.9. The van der Waals surface area contributed by atoms with Crippen molar-refractivity contribution in [1.29, 1.82) is 0 Å². The Morgan fingerprint density at radius 3 is 2.68 bits per heavy atom. The molecule has 2 amide bonds. The fourth-order valence-corrected chi connectivity index (χ4v) is 3.95. The lowest BCUT2D eigenvalue weighted by molar-refractivity contribution is -0.127. The van der Waals surface area contributed by atoms with Crippen molar-refractivity contribution in [3.05, 3.63) is 69.6 Å². The number of hydrogen-bond donors (Lipinski definition) is 1. The van der Waals surface area contributed by atoms with Crippen LogP contribution < -0.4 is 10.9 Å². The minimum Gasteiger partial charge on any atom is -0.460 e. The van der Waals surface area contributed by atoms with Crippen molar-refractivity contribution in [2.75, 3.05) is 19.6 Å². The van der Waals surface area contributed by atoms with Crippen molar-refractivity contribution in [2.45, 2.75) is 32.7 Å². The van der Waals surface area contributed by atoms with Crippen LogP contribution in [-0.2, 0) is 11.3 Å². The molecule has 2 aromatic heterocycles. The SMILES string of the molecule is Cc1oc2ccn(Cc3ccc(F)cc3)c(=O)c2c1C(=O)NCCCN1CCCC1=O. The molecule has 0 aliphatic carbocycles. The number of pyridine rings is 1. The van der Waals surface area contributed by atoms with Crippen molar-refractivity contribution < 1.29 is 18.4 Å². The molecule has 1 fully saturated rings. The number of nitrogens with one attached hydrogen (secondary N) is 1. The summed E-state index contributed by atoms with van der Waals surface area (Å²) >= 11 is 0. The van der Waals surface area contributed by atoms with Crippen molar-refractivity contribution in [3.63, 3.8) is 0 Å². The predicted molar refractivity (Wildman–Crippen MR) is 113 cm³/mol. The number of fused-ring (bicyclic) bond motifs is 1. The van der Waals surface area contributed by atoms with Crippen LogP contribution in [-0.4, -0.2) is 40.9 Å². The summed E-state index contributed by atoms with van der Waals surface area (Å²) in [5, 5.41) is 3.06. The zero-order valence-corrected chi connectivity index (χ0v) is 17.3. The molecule has 8 heteroatoms. The smallest absolute Gasteiger partial charge is 0.262 e. The summed E-state index contributed by atoms with van der Waals surface area (Å²) in [4.78, 5) is 39.4. The van der Waals surface area contributed by atoms with E-state index in [-0.39, 0.29) is 40.7 Å². The second-order valence-corrected chi connectivity index (χ2v) is 7.74. The van der Waals surface area contributed by atoms with E-state index in [1.165, 1.54) is 16.7 Å². The van der Waals surface area contributed by atoms with Gasteiger partial charge in [-0.2, -0.15) is 0 Å². The van der Waals surface area contributed by atoms with E-state index < -0.39 is 0 Å². The van der Waals surface area contributed by atoms with Gasteiger partial charge in [0.15, 0.2) is 0 Å². The molecule has 7 nitrogen and oxygen atoms in total. The maximum atomic E-state index is 13.1. The highest BCUT2D eigenvalue weighted by Gasteiger charge is 2.22. The number of amides is 2. The molecule has 0 saturated carbocycles. The minimum atomic E-state index is -0.374. The average Bonchev–Trinajstić information content (AvgIpc) is 3.31. The first-order valence-electron chi connectivity index (χ1n) is 10.4. The van der Waals surface area contributed by atoms with E-state index in [4.69, 9.17) is 4.42 Å². The third-order valence-corrected chi connectivity index (χ3v) is 5.55. The number of halogens is 1. The lowest BCUT2D eigenvalue weighted by atomic mass is 10.1. The Hall–Kier alpha value is -3.42. The molecule has 1 aliphatic heterocycles. The van der Waals surface area contributed by atoms with Crippen molar-refractivity contribution in [2.24, 2.45) is 0 Å². The van der Waals surface area contributed by atoms with E-state index in [0.29, 0.717) is 37.3 Å². The molecule has 0 bridgehead atoms. The molecule has 1 aromatic carbocycles. The molecule has 4 rings (SSSR count). The second kappa shape index (κ2) is 8.75. The highest BCUT2D eigenvalue weighted by atomic mass is 19.1. The van der Waals surface area contributed by atoms with Gasteiger partial charge in [-0.05, 0) is 43.5 Å². The van der Waals surface area contributed by atoms with Crippen LogP contribution in [0.25, 0.3) is 11.0 Å².